The van der Waals surface area contributed by atoms with Crippen LogP contribution in [0.3, 0.4) is 0 Å². The molecule has 2 N–H and O–H groups in total. The number of hydrogen-bond donors (Lipinski definition) is 1. The van der Waals surface area contributed by atoms with Crippen molar-refractivity contribution < 1.29 is 0 Å². The van der Waals surface area contributed by atoms with Crippen LogP contribution < -0.4 is 5.73 Å². The molecule has 1 heterocycles. The van der Waals surface area contributed by atoms with Crippen LogP contribution in [-0.2, 0) is 6.42 Å². The van der Waals surface area contributed by atoms with E-state index in [1.54, 1.807) is 0 Å². The maximum Gasteiger partial charge on any atom is 0.0258 e. The molecule has 1 aromatic rings. The minimum atomic E-state index is 0.618. The quantitative estimate of drug-likeness (QED) is 0.685. The van der Waals surface area contributed by atoms with Gasteiger partial charge in [-0.15, -0.1) is 11.8 Å². The Bertz CT molecular complexity index is 234. The maximum atomic E-state index is 5.59. The van der Waals surface area contributed by atoms with Crippen LogP contribution in [0.2, 0.25) is 0 Å². The van der Waals surface area contributed by atoms with E-state index in [0.29, 0.717) is 5.25 Å². The summed E-state index contributed by atoms with van der Waals surface area (Å²) in [5.41, 5.74) is 7.06. The van der Waals surface area contributed by atoms with Gasteiger partial charge in [0.15, 0.2) is 0 Å². The van der Waals surface area contributed by atoms with E-state index in [-0.39, 0.29) is 0 Å². The van der Waals surface area contributed by atoms with Gasteiger partial charge in [0.25, 0.3) is 0 Å². The summed E-state index contributed by atoms with van der Waals surface area (Å²) >= 11 is 1.91. The largest absolute Gasteiger partial charge is 0.329 e. The Kier molecular flexibility index (Phi) is 1.88. The fourth-order valence-corrected chi connectivity index (χ4v) is 2.56. The van der Waals surface area contributed by atoms with Crippen molar-refractivity contribution in [3.8, 4) is 0 Å². The summed E-state index contributed by atoms with van der Waals surface area (Å²) < 4.78 is 0. The van der Waals surface area contributed by atoms with Gasteiger partial charge in [0, 0.05) is 16.7 Å². The summed E-state index contributed by atoms with van der Waals surface area (Å²) in [5, 5.41) is 0.618. The van der Waals surface area contributed by atoms with Crippen LogP contribution in [0.5, 0.6) is 0 Å². The number of thioether (sulfide) groups is 1. The molecule has 1 atom stereocenters. The van der Waals surface area contributed by atoms with Gasteiger partial charge in [-0.2, -0.15) is 0 Å². The molecule has 0 bridgehead atoms. The van der Waals surface area contributed by atoms with Crippen LogP contribution in [0.25, 0.3) is 0 Å². The first kappa shape index (κ1) is 7.19. The van der Waals surface area contributed by atoms with Crippen LogP contribution in [-0.4, -0.2) is 11.8 Å². The molecule has 0 amide bonds. The summed E-state index contributed by atoms with van der Waals surface area (Å²) in [4.78, 5) is 1.42. The number of hydrogen-bond acceptors (Lipinski definition) is 2. The van der Waals surface area contributed by atoms with Crippen LogP contribution >= 0.6 is 11.8 Å². The van der Waals surface area contributed by atoms with E-state index in [1.165, 1.54) is 10.5 Å². The Morgan fingerprint density at radius 1 is 1.45 bits per heavy atom. The number of rotatable bonds is 1. The van der Waals surface area contributed by atoms with Crippen LogP contribution in [0.4, 0.5) is 0 Å². The van der Waals surface area contributed by atoms with Crippen molar-refractivity contribution in [2.24, 2.45) is 5.73 Å². The average Bonchev–Trinajstić information content (AvgIpc) is 2.46. The van der Waals surface area contributed by atoms with Crippen molar-refractivity contribution in [1.29, 1.82) is 0 Å². The third-order valence-corrected chi connectivity index (χ3v) is 3.32. The Morgan fingerprint density at radius 2 is 2.27 bits per heavy atom. The van der Waals surface area contributed by atoms with Crippen molar-refractivity contribution in [3.05, 3.63) is 29.8 Å². The zero-order valence-electron chi connectivity index (χ0n) is 6.29. The van der Waals surface area contributed by atoms with Gasteiger partial charge in [0.1, 0.15) is 0 Å². The average molecular weight is 165 g/mol. The molecule has 1 aromatic carbocycles. The van der Waals surface area contributed by atoms with Crippen molar-refractivity contribution in [2.75, 3.05) is 6.54 Å². The first-order valence-corrected chi connectivity index (χ1v) is 4.73. The summed E-state index contributed by atoms with van der Waals surface area (Å²) in [6, 6.07) is 8.55. The smallest absolute Gasteiger partial charge is 0.0258 e. The van der Waals surface area contributed by atoms with Crippen LogP contribution in [0.15, 0.2) is 29.2 Å². The molecular weight excluding hydrogens is 154 g/mol. The molecular formula is C9H11NS. The van der Waals surface area contributed by atoms with Gasteiger partial charge >= 0.3 is 0 Å². The highest BCUT2D eigenvalue weighted by Gasteiger charge is 2.19. The van der Waals surface area contributed by atoms with Crippen LogP contribution in [0.1, 0.15) is 5.56 Å². The fraction of sp³-hybridized carbons (Fsp3) is 0.333. The highest BCUT2D eigenvalue weighted by Crippen LogP contribution is 2.35. The summed E-state index contributed by atoms with van der Waals surface area (Å²) in [6.07, 6.45) is 1.15. The molecule has 1 aliphatic rings. The van der Waals surface area contributed by atoms with Crippen molar-refractivity contribution in [3.63, 3.8) is 0 Å². The Balaban J connectivity index is 2.27. The summed E-state index contributed by atoms with van der Waals surface area (Å²) in [5.74, 6) is 0. The number of nitrogens with two attached hydrogens (primary N) is 1. The molecule has 0 saturated heterocycles. The normalized spacial score (nSPS) is 21.7. The first-order chi connectivity index (χ1) is 5.40. The minimum Gasteiger partial charge on any atom is -0.329 e. The molecule has 0 radical (unpaired) electrons. The molecule has 0 saturated carbocycles. The van der Waals surface area contributed by atoms with Crippen molar-refractivity contribution >= 4 is 11.8 Å². The molecule has 0 aromatic heterocycles. The van der Waals surface area contributed by atoms with Gasteiger partial charge in [-0.05, 0) is 18.1 Å². The summed E-state index contributed by atoms with van der Waals surface area (Å²) in [7, 11) is 0. The first-order valence-electron chi connectivity index (χ1n) is 3.85. The van der Waals surface area contributed by atoms with Gasteiger partial charge in [-0.3, -0.25) is 0 Å². The second kappa shape index (κ2) is 2.88. The number of fused-ring (bicyclic) bond motifs is 1. The van der Waals surface area contributed by atoms with Gasteiger partial charge in [0.05, 0.1) is 0 Å². The molecule has 0 aliphatic carbocycles. The third-order valence-electron chi connectivity index (χ3n) is 1.98. The SMILES string of the molecule is NCC1Cc2ccccc2S1. The van der Waals surface area contributed by atoms with Crippen LogP contribution in [0, 0.1) is 0 Å². The molecule has 0 fully saturated rings. The van der Waals surface area contributed by atoms with Crippen molar-refractivity contribution in [2.45, 2.75) is 16.6 Å². The third kappa shape index (κ3) is 1.28. The van der Waals surface area contributed by atoms with E-state index >= 15 is 0 Å². The Morgan fingerprint density at radius 3 is 3.00 bits per heavy atom. The van der Waals surface area contributed by atoms with E-state index in [1.807, 2.05) is 11.8 Å². The molecule has 1 nitrogen and oxygen atoms in total. The monoisotopic (exact) mass is 165 g/mol. The fourth-order valence-electron chi connectivity index (χ4n) is 1.39. The van der Waals surface area contributed by atoms with E-state index in [0.717, 1.165) is 13.0 Å². The lowest BCUT2D eigenvalue weighted by Gasteiger charge is -2.00. The molecule has 11 heavy (non-hydrogen) atoms. The van der Waals surface area contributed by atoms with Gasteiger partial charge < -0.3 is 5.73 Å². The second-order valence-corrected chi connectivity index (χ2v) is 4.13. The zero-order valence-corrected chi connectivity index (χ0v) is 7.10. The molecule has 2 rings (SSSR count). The topological polar surface area (TPSA) is 26.0 Å². The standard InChI is InChI=1S/C9H11NS/c10-6-8-5-7-3-1-2-4-9(7)11-8/h1-4,8H,5-6,10H2. The summed E-state index contributed by atoms with van der Waals surface area (Å²) in [6.45, 7) is 0.791. The van der Waals surface area contributed by atoms with Gasteiger partial charge in [-0.25, -0.2) is 0 Å². The van der Waals surface area contributed by atoms with Crippen molar-refractivity contribution in [1.82, 2.24) is 0 Å². The van der Waals surface area contributed by atoms with Gasteiger partial charge in [0.2, 0.25) is 0 Å². The second-order valence-electron chi connectivity index (χ2n) is 2.79. The maximum absolute atomic E-state index is 5.59. The molecule has 1 unspecified atom stereocenters. The predicted molar refractivity (Wildman–Crippen MR) is 48.8 cm³/mol. The van der Waals surface area contributed by atoms with E-state index in [4.69, 9.17) is 5.73 Å². The Hall–Kier alpha value is -0.470. The highest BCUT2D eigenvalue weighted by atomic mass is 32.2. The lowest BCUT2D eigenvalue weighted by Crippen LogP contribution is -2.15. The molecule has 58 valence electrons. The van der Waals surface area contributed by atoms with E-state index < -0.39 is 0 Å². The minimum absolute atomic E-state index is 0.618. The lowest BCUT2D eigenvalue weighted by atomic mass is 10.1. The number of benzene rings is 1. The van der Waals surface area contributed by atoms with E-state index in [2.05, 4.69) is 24.3 Å². The highest BCUT2D eigenvalue weighted by molar-refractivity contribution is 8.00. The van der Waals surface area contributed by atoms with E-state index in [9.17, 15) is 0 Å². The van der Waals surface area contributed by atoms with Gasteiger partial charge in [-0.1, -0.05) is 18.2 Å². The Labute approximate surface area is 71.0 Å². The zero-order chi connectivity index (χ0) is 7.68. The molecule has 1 aliphatic heterocycles. The lowest BCUT2D eigenvalue weighted by molar-refractivity contribution is 0.867. The molecule has 0 spiro atoms. The predicted octanol–water partition coefficient (Wildman–Crippen LogP) is 1.66. The molecule has 2 heteroatoms.